The van der Waals surface area contributed by atoms with Gasteiger partial charge in [0.25, 0.3) is 5.56 Å². The fourth-order valence-corrected chi connectivity index (χ4v) is 7.31. The summed E-state index contributed by atoms with van der Waals surface area (Å²) in [7, 11) is 1.58. The number of nitrogens with zero attached hydrogens (tertiary/aromatic N) is 2. The molecule has 1 aliphatic heterocycles. The molecule has 10 heteroatoms. The number of allylic oxidation sites excluding steroid dienone is 1. The van der Waals surface area contributed by atoms with Crippen molar-refractivity contribution in [1.82, 2.24) is 4.57 Å². The smallest absolute Gasteiger partial charge is 0.338 e. The lowest BCUT2D eigenvalue weighted by Gasteiger charge is -2.24. The Balaban J connectivity index is 1.38. The molecule has 0 saturated carbocycles. The summed E-state index contributed by atoms with van der Waals surface area (Å²) < 4.78 is 25.8. The third kappa shape index (κ3) is 6.58. The highest BCUT2D eigenvalue weighted by Crippen LogP contribution is 2.38. The van der Waals surface area contributed by atoms with E-state index in [1.807, 2.05) is 48.5 Å². The number of halogens is 1. The molecule has 0 saturated heterocycles. The number of thiazole rings is 1. The van der Waals surface area contributed by atoms with Crippen molar-refractivity contribution < 1.29 is 23.7 Å². The first-order chi connectivity index (χ1) is 23.3. The zero-order chi connectivity index (χ0) is 33.8. The highest BCUT2D eigenvalue weighted by molar-refractivity contribution is 9.10. The highest BCUT2D eigenvalue weighted by Gasteiger charge is 2.33. The Bertz CT molecular complexity index is 2230. The fraction of sp³-hybridized carbons (Fsp3) is 0.184. The van der Waals surface area contributed by atoms with Crippen LogP contribution < -0.4 is 29.1 Å². The van der Waals surface area contributed by atoms with Gasteiger partial charge < -0.3 is 18.9 Å². The van der Waals surface area contributed by atoms with Gasteiger partial charge in [0.1, 0.15) is 19.0 Å². The van der Waals surface area contributed by atoms with Crippen molar-refractivity contribution in [2.24, 2.45) is 4.99 Å². The van der Waals surface area contributed by atoms with Gasteiger partial charge >= 0.3 is 5.97 Å². The number of ether oxygens (including phenoxy) is 4. The molecule has 0 fully saturated rings. The lowest BCUT2D eigenvalue weighted by molar-refractivity contribution is -0.139. The maximum absolute atomic E-state index is 14.1. The largest absolute Gasteiger partial charge is 0.493 e. The van der Waals surface area contributed by atoms with Crippen molar-refractivity contribution in [1.29, 1.82) is 0 Å². The SMILES string of the molecule is C=CCOc1ccc([C@@H]2C(C(=O)OCC)=C(C)N=c3s/c(=C\c4cc(Br)c(OCc5cccc6ccccc56)c(OC)c4)c(=O)n32)cc1. The summed E-state index contributed by atoms with van der Waals surface area (Å²) in [4.78, 5) is 32.5. The van der Waals surface area contributed by atoms with Crippen molar-refractivity contribution in [2.75, 3.05) is 20.3 Å². The molecule has 1 aromatic heterocycles. The molecule has 4 aromatic carbocycles. The standard InChI is InChI=1S/C38H33BrN2O6S/c1-5-18-46-28-16-14-26(15-17-28)34-33(37(43)45-6-2)23(3)40-38-41(34)36(42)32(48-38)21-24-19-30(39)35(31(20-24)44-4)47-22-27-12-9-11-25-10-7-8-13-29(25)27/h5,7-17,19-21,34H,1,6,18,22H2,2-4H3/b32-21-/t34-/m1/s1. The zero-order valence-electron chi connectivity index (χ0n) is 26.7. The van der Waals surface area contributed by atoms with E-state index in [1.165, 1.54) is 11.3 Å². The van der Waals surface area contributed by atoms with Gasteiger partial charge in [-0.05, 0) is 87.6 Å². The van der Waals surface area contributed by atoms with E-state index in [4.69, 9.17) is 18.9 Å². The van der Waals surface area contributed by atoms with Gasteiger partial charge in [0.15, 0.2) is 16.3 Å². The number of esters is 1. The molecule has 244 valence electrons. The number of fused-ring (bicyclic) bond motifs is 2. The van der Waals surface area contributed by atoms with E-state index in [1.54, 1.807) is 49.8 Å². The molecule has 48 heavy (non-hydrogen) atoms. The second-order valence-corrected chi connectivity index (χ2v) is 12.8. The first-order valence-electron chi connectivity index (χ1n) is 15.3. The third-order valence-corrected chi connectivity index (χ3v) is 9.45. The Kier molecular flexibility index (Phi) is 9.93. The topological polar surface area (TPSA) is 88.4 Å². The van der Waals surface area contributed by atoms with Crippen molar-refractivity contribution in [2.45, 2.75) is 26.5 Å². The van der Waals surface area contributed by atoms with Crippen LogP contribution in [-0.4, -0.2) is 30.9 Å². The van der Waals surface area contributed by atoms with E-state index in [0.717, 1.165) is 27.5 Å². The molecule has 2 heterocycles. The zero-order valence-corrected chi connectivity index (χ0v) is 29.1. The minimum absolute atomic E-state index is 0.194. The maximum Gasteiger partial charge on any atom is 0.338 e. The number of aromatic nitrogens is 1. The Morgan fingerprint density at radius 2 is 1.83 bits per heavy atom. The molecule has 1 atom stereocenters. The van der Waals surface area contributed by atoms with Crippen molar-refractivity contribution in [3.8, 4) is 17.2 Å². The Morgan fingerprint density at radius 1 is 1.06 bits per heavy atom. The number of carbonyl (C=O) groups excluding carboxylic acids is 1. The van der Waals surface area contributed by atoms with Gasteiger partial charge in [-0.2, -0.15) is 0 Å². The van der Waals surface area contributed by atoms with E-state index in [9.17, 15) is 9.59 Å². The molecular formula is C38H33BrN2O6S. The molecule has 0 radical (unpaired) electrons. The fourth-order valence-electron chi connectivity index (χ4n) is 5.69. The van der Waals surface area contributed by atoms with Crippen LogP contribution in [0.5, 0.6) is 17.2 Å². The molecule has 5 aromatic rings. The summed E-state index contributed by atoms with van der Waals surface area (Å²) in [5.41, 5.74) is 3.03. The van der Waals surface area contributed by atoms with Crippen LogP contribution in [0.4, 0.5) is 0 Å². The number of benzene rings is 4. The van der Waals surface area contributed by atoms with E-state index < -0.39 is 12.0 Å². The van der Waals surface area contributed by atoms with Crippen molar-refractivity contribution >= 4 is 50.1 Å². The minimum atomic E-state index is -0.734. The van der Waals surface area contributed by atoms with Crippen molar-refractivity contribution in [3.05, 3.63) is 144 Å². The summed E-state index contributed by atoms with van der Waals surface area (Å²) in [6.07, 6.45) is 3.45. The van der Waals surface area contributed by atoms with Gasteiger partial charge in [-0.1, -0.05) is 78.6 Å². The summed E-state index contributed by atoms with van der Waals surface area (Å²) in [5.74, 6) is 1.20. The van der Waals surface area contributed by atoms with Crippen LogP contribution in [0.25, 0.3) is 16.8 Å². The summed E-state index contributed by atoms with van der Waals surface area (Å²) >= 11 is 4.91. The van der Waals surface area contributed by atoms with Crippen LogP contribution in [0.2, 0.25) is 0 Å². The normalized spacial score (nSPS) is 14.3. The average Bonchev–Trinajstić information content (AvgIpc) is 3.39. The van der Waals surface area contributed by atoms with Crippen LogP contribution in [0.1, 0.15) is 36.6 Å². The maximum atomic E-state index is 14.1. The molecule has 0 unspecified atom stereocenters. The lowest BCUT2D eigenvalue weighted by atomic mass is 9.96. The molecule has 6 rings (SSSR count). The molecule has 0 aliphatic carbocycles. The third-order valence-electron chi connectivity index (χ3n) is 7.88. The molecule has 8 nitrogen and oxygen atoms in total. The predicted molar refractivity (Wildman–Crippen MR) is 192 cm³/mol. The molecule has 0 N–H and O–H groups in total. The molecule has 1 aliphatic rings. The van der Waals surface area contributed by atoms with Crippen molar-refractivity contribution in [3.63, 3.8) is 0 Å². The molecular weight excluding hydrogens is 692 g/mol. The number of hydrogen-bond donors (Lipinski definition) is 0. The van der Waals surface area contributed by atoms with Crippen LogP contribution in [0, 0.1) is 0 Å². The predicted octanol–water partition coefficient (Wildman–Crippen LogP) is 6.87. The summed E-state index contributed by atoms with van der Waals surface area (Å²) in [6.45, 7) is 8.09. The van der Waals surface area contributed by atoms with Crippen LogP contribution in [0.3, 0.4) is 0 Å². The Labute approximate surface area is 290 Å². The highest BCUT2D eigenvalue weighted by atomic mass is 79.9. The monoisotopic (exact) mass is 724 g/mol. The quantitative estimate of drug-likeness (QED) is 0.109. The summed E-state index contributed by atoms with van der Waals surface area (Å²) in [6, 6.07) is 24.6. The number of carbonyl (C=O) groups is 1. The first-order valence-corrected chi connectivity index (χ1v) is 16.9. The van der Waals surface area contributed by atoms with Gasteiger partial charge in [-0.25, -0.2) is 9.79 Å². The molecule has 0 bridgehead atoms. The number of hydrogen-bond acceptors (Lipinski definition) is 8. The lowest BCUT2D eigenvalue weighted by Crippen LogP contribution is -2.39. The van der Waals surface area contributed by atoms with Crippen LogP contribution in [0.15, 0.2) is 117 Å². The minimum Gasteiger partial charge on any atom is -0.493 e. The second-order valence-electron chi connectivity index (χ2n) is 10.9. The Morgan fingerprint density at radius 3 is 2.58 bits per heavy atom. The van der Waals surface area contributed by atoms with E-state index in [2.05, 4.69) is 45.7 Å². The molecule has 0 spiro atoms. The average molecular weight is 726 g/mol. The van der Waals surface area contributed by atoms with E-state index in [0.29, 0.717) is 55.5 Å². The van der Waals surface area contributed by atoms with Gasteiger partial charge in [-0.3, -0.25) is 9.36 Å². The first kappa shape index (κ1) is 33.0. The van der Waals surface area contributed by atoms with E-state index in [-0.39, 0.29) is 12.2 Å². The van der Waals surface area contributed by atoms with Crippen LogP contribution >= 0.6 is 27.3 Å². The number of rotatable bonds is 11. The second kappa shape index (κ2) is 14.5. The van der Waals surface area contributed by atoms with Gasteiger partial charge in [0, 0.05) is 0 Å². The summed E-state index contributed by atoms with van der Waals surface area (Å²) in [5, 5.41) is 2.27. The van der Waals surface area contributed by atoms with E-state index >= 15 is 0 Å². The van der Waals surface area contributed by atoms with Gasteiger partial charge in [0.2, 0.25) is 0 Å². The number of methoxy groups -OCH3 is 1. The Hall–Kier alpha value is -4.93. The van der Waals surface area contributed by atoms with Gasteiger partial charge in [0.05, 0.1) is 40.0 Å². The van der Waals surface area contributed by atoms with Gasteiger partial charge in [-0.15, -0.1) is 0 Å². The van der Waals surface area contributed by atoms with Crippen LogP contribution in [-0.2, 0) is 16.1 Å². The molecule has 0 amide bonds.